The molecule has 0 spiro atoms. The van der Waals surface area contributed by atoms with Crippen molar-refractivity contribution in [1.29, 1.82) is 0 Å². The Labute approximate surface area is 130 Å². The molecule has 3 rings (SSSR count). The van der Waals surface area contributed by atoms with E-state index in [4.69, 9.17) is 0 Å². The van der Waals surface area contributed by atoms with Crippen LogP contribution >= 0.6 is 0 Å². The van der Waals surface area contributed by atoms with Crippen LogP contribution in [0.4, 0.5) is 0 Å². The van der Waals surface area contributed by atoms with E-state index in [1.807, 2.05) is 25.1 Å². The van der Waals surface area contributed by atoms with E-state index in [-0.39, 0.29) is 6.42 Å². The number of rotatable bonds is 4. The van der Waals surface area contributed by atoms with Crippen molar-refractivity contribution < 1.29 is 9.90 Å². The lowest BCUT2D eigenvalue weighted by molar-refractivity contribution is -0.136. The summed E-state index contributed by atoms with van der Waals surface area (Å²) < 4.78 is 2.11. The van der Waals surface area contributed by atoms with Gasteiger partial charge in [0.25, 0.3) is 0 Å². The molecule has 0 bridgehead atoms. The van der Waals surface area contributed by atoms with E-state index in [1.165, 1.54) is 12.8 Å². The number of aromatic nitrogens is 2. The Kier molecular flexibility index (Phi) is 4.16. The van der Waals surface area contributed by atoms with E-state index in [9.17, 15) is 9.90 Å². The number of carboxylic acid groups (broad SMARTS) is 1. The SMILES string of the molecule is Cc1cccc2nc(CC(=O)O)c(CN3CCCC(C)C3)n12. The quantitative estimate of drug-likeness (QED) is 0.942. The van der Waals surface area contributed by atoms with Gasteiger partial charge in [-0.05, 0) is 44.4 Å². The molecule has 1 fully saturated rings. The first-order valence-electron chi connectivity index (χ1n) is 7.94. The van der Waals surface area contributed by atoms with Gasteiger partial charge in [-0.3, -0.25) is 14.1 Å². The third-order valence-electron chi connectivity index (χ3n) is 4.45. The van der Waals surface area contributed by atoms with Crippen molar-refractivity contribution in [3.05, 3.63) is 35.3 Å². The predicted molar refractivity (Wildman–Crippen MR) is 84.9 cm³/mol. The average Bonchev–Trinajstić information content (AvgIpc) is 2.77. The number of pyridine rings is 1. The van der Waals surface area contributed by atoms with Gasteiger partial charge in [-0.1, -0.05) is 13.0 Å². The standard InChI is InChI=1S/C17H23N3O2/c1-12-5-4-8-19(10-12)11-15-14(9-17(21)22)18-16-7-3-6-13(2)20(15)16/h3,6-7,12H,4-5,8-11H2,1-2H3,(H,21,22). The lowest BCUT2D eigenvalue weighted by Crippen LogP contribution is -2.34. The lowest BCUT2D eigenvalue weighted by atomic mass is 10.00. The minimum absolute atomic E-state index is 0.0140. The van der Waals surface area contributed by atoms with Gasteiger partial charge in [0.1, 0.15) is 5.65 Å². The highest BCUT2D eigenvalue weighted by atomic mass is 16.4. The van der Waals surface area contributed by atoms with Crippen molar-refractivity contribution in [2.75, 3.05) is 13.1 Å². The number of likely N-dealkylation sites (tertiary alicyclic amines) is 1. The van der Waals surface area contributed by atoms with Crippen LogP contribution in [0.25, 0.3) is 5.65 Å². The van der Waals surface area contributed by atoms with Crippen molar-refractivity contribution in [2.45, 2.75) is 39.7 Å². The molecule has 0 aliphatic carbocycles. The van der Waals surface area contributed by atoms with Gasteiger partial charge in [0.15, 0.2) is 0 Å². The molecule has 1 N–H and O–H groups in total. The molecule has 0 radical (unpaired) electrons. The Morgan fingerprint density at radius 2 is 2.27 bits per heavy atom. The van der Waals surface area contributed by atoms with Gasteiger partial charge in [0, 0.05) is 18.8 Å². The molecule has 1 atom stereocenters. The normalized spacial score (nSPS) is 19.6. The number of imidazole rings is 1. The highest BCUT2D eigenvalue weighted by molar-refractivity contribution is 5.70. The molecule has 1 aliphatic rings. The van der Waals surface area contributed by atoms with Gasteiger partial charge in [-0.25, -0.2) is 4.98 Å². The van der Waals surface area contributed by atoms with Crippen LogP contribution in [0.3, 0.4) is 0 Å². The first-order valence-corrected chi connectivity index (χ1v) is 7.94. The number of aryl methyl sites for hydroxylation is 1. The predicted octanol–water partition coefficient (Wildman–Crippen LogP) is 2.50. The molecular weight excluding hydrogens is 278 g/mol. The Morgan fingerprint density at radius 1 is 1.45 bits per heavy atom. The Bertz CT molecular complexity index is 693. The topological polar surface area (TPSA) is 57.8 Å². The van der Waals surface area contributed by atoms with Crippen LogP contribution in [0.5, 0.6) is 0 Å². The van der Waals surface area contributed by atoms with Gasteiger partial charge in [-0.2, -0.15) is 0 Å². The van der Waals surface area contributed by atoms with E-state index in [1.54, 1.807) is 0 Å². The van der Waals surface area contributed by atoms with Crippen molar-refractivity contribution in [3.8, 4) is 0 Å². The van der Waals surface area contributed by atoms with Gasteiger partial charge in [-0.15, -0.1) is 0 Å². The zero-order valence-corrected chi connectivity index (χ0v) is 13.2. The highest BCUT2D eigenvalue weighted by Crippen LogP contribution is 2.22. The van der Waals surface area contributed by atoms with Crippen molar-refractivity contribution in [2.24, 2.45) is 5.92 Å². The van der Waals surface area contributed by atoms with Gasteiger partial charge in [0.05, 0.1) is 17.8 Å². The first kappa shape index (κ1) is 15.0. The number of carbonyl (C=O) groups is 1. The summed E-state index contributed by atoms with van der Waals surface area (Å²) in [6.07, 6.45) is 2.48. The minimum atomic E-state index is -0.825. The summed E-state index contributed by atoms with van der Waals surface area (Å²) in [6.45, 7) is 7.26. The zero-order valence-electron chi connectivity index (χ0n) is 13.2. The molecular formula is C17H23N3O2. The van der Waals surface area contributed by atoms with Crippen LogP contribution < -0.4 is 0 Å². The molecule has 0 aromatic carbocycles. The van der Waals surface area contributed by atoms with E-state index < -0.39 is 5.97 Å². The summed E-state index contributed by atoms with van der Waals surface area (Å²) in [4.78, 5) is 18.1. The molecule has 5 nitrogen and oxygen atoms in total. The van der Waals surface area contributed by atoms with Crippen LogP contribution in [-0.2, 0) is 17.8 Å². The summed E-state index contributed by atoms with van der Waals surface area (Å²) in [5.41, 5.74) is 3.67. The van der Waals surface area contributed by atoms with E-state index in [0.717, 1.165) is 36.7 Å². The Hall–Kier alpha value is -1.88. The van der Waals surface area contributed by atoms with E-state index in [0.29, 0.717) is 11.6 Å². The number of fused-ring (bicyclic) bond motifs is 1. The second kappa shape index (κ2) is 6.08. The number of carboxylic acids is 1. The maximum Gasteiger partial charge on any atom is 0.309 e. The lowest BCUT2D eigenvalue weighted by Gasteiger charge is -2.30. The molecule has 0 saturated carbocycles. The molecule has 118 valence electrons. The summed E-state index contributed by atoms with van der Waals surface area (Å²) in [7, 11) is 0. The number of hydrogen-bond acceptors (Lipinski definition) is 3. The zero-order chi connectivity index (χ0) is 15.7. The van der Waals surface area contributed by atoms with Gasteiger partial charge in [0.2, 0.25) is 0 Å². The third kappa shape index (κ3) is 2.99. The molecule has 2 aromatic rings. The summed E-state index contributed by atoms with van der Waals surface area (Å²) in [5.74, 6) is -0.119. The summed E-state index contributed by atoms with van der Waals surface area (Å²) in [6, 6.07) is 5.96. The maximum atomic E-state index is 11.2. The second-order valence-electron chi connectivity index (χ2n) is 6.42. The van der Waals surface area contributed by atoms with Crippen molar-refractivity contribution >= 4 is 11.6 Å². The molecule has 2 aromatic heterocycles. The number of piperidine rings is 1. The number of nitrogens with zero attached hydrogens (tertiary/aromatic N) is 3. The van der Waals surface area contributed by atoms with E-state index in [2.05, 4.69) is 21.2 Å². The fourth-order valence-electron chi connectivity index (χ4n) is 3.46. The second-order valence-corrected chi connectivity index (χ2v) is 6.42. The molecule has 0 amide bonds. The average molecular weight is 301 g/mol. The van der Waals surface area contributed by atoms with Crippen LogP contribution in [0.15, 0.2) is 18.2 Å². The van der Waals surface area contributed by atoms with Gasteiger partial charge >= 0.3 is 5.97 Å². The minimum Gasteiger partial charge on any atom is -0.481 e. The van der Waals surface area contributed by atoms with Crippen molar-refractivity contribution in [3.63, 3.8) is 0 Å². The van der Waals surface area contributed by atoms with Gasteiger partial charge < -0.3 is 5.11 Å². The molecule has 3 heterocycles. The molecule has 1 saturated heterocycles. The van der Waals surface area contributed by atoms with Crippen molar-refractivity contribution in [1.82, 2.24) is 14.3 Å². The van der Waals surface area contributed by atoms with Crippen LogP contribution in [-0.4, -0.2) is 38.4 Å². The molecule has 5 heteroatoms. The molecule has 1 unspecified atom stereocenters. The summed E-state index contributed by atoms with van der Waals surface area (Å²) in [5, 5.41) is 9.17. The summed E-state index contributed by atoms with van der Waals surface area (Å²) >= 11 is 0. The number of aliphatic carboxylic acids is 1. The maximum absolute atomic E-state index is 11.2. The molecule has 1 aliphatic heterocycles. The first-order chi connectivity index (χ1) is 10.5. The number of hydrogen-bond donors (Lipinski definition) is 1. The third-order valence-corrected chi connectivity index (χ3v) is 4.45. The van der Waals surface area contributed by atoms with E-state index >= 15 is 0 Å². The largest absolute Gasteiger partial charge is 0.481 e. The van der Waals surface area contributed by atoms with Crippen LogP contribution in [0, 0.1) is 12.8 Å². The van der Waals surface area contributed by atoms with Crippen LogP contribution in [0.1, 0.15) is 36.8 Å². The Balaban J connectivity index is 1.99. The monoisotopic (exact) mass is 301 g/mol. The van der Waals surface area contributed by atoms with Crippen LogP contribution in [0.2, 0.25) is 0 Å². The molecule has 22 heavy (non-hydrogen) atoms. The Morgan fingerprint density at radius 3 is 3.00 bits per heavy atom. The fourth-order valence-corrected chi connectivity index (χ4v) is 3.46. The highest BCUT2D eigenvalue weighted by Gasteiger charge is 2.21. The fraction of sp³-hybridized carbons (Fsp3) is 0.529. The smallest absolute Gasteiger partial charge is 0.309 e.